The number of aromatic nitrogens is 2. The van der Waals surface area contributed by atoms with Crippen LogP contribution in [0.4, 0.5) is 0 Å². The Morgan fingerprint density at radius 1 is 1.47 bits per heavy atom. The predicted octanol–water partition coefficient (Wildman–Crippen LogP) is 1.47. The molecule has 0 saturated heterocycles. The van der Waals surface area contributed by atoms with Crippen LogP contribution in [-0.4, -0.2) is 33.0 Å². The van der Waals surface area contributed by atoms with Crippen LogP contribution >= 0.6 is 0 Å². The van der Waals surface area contributed by atoms with Gasteiger partial charge in [0.2, 0.25) is 0 Å². The molecular formula is C14H19N3O2. The lowest BCUT2D eigenvalue weighted by atomic mass is 10.0. The summed E-state index contributed by atoms with van der Waals surface area (Å²) in [5, 5.41) is 11.9. The van der Waals surface area contributed by atoms with E-state index >= 15 is 0 Å². The Bertz CT molecular complexity index is 530. The average Bonchev–Trinajstić information content (AvgIpc) is 2.81. The summed E-state index contributed by atoms with van der Waals surface area (Å²) < 4.78 is 1.81. The zero-order valence-corrected chi connectivity index (χ0v) is 11.2. The molecule has 0 aliphatic carbocycles. The first-order valence-corrected chi connectivity index (χ1v) is 6.47. The van der Waals surface area contributed by atoms with Crippen LogP contribution in [-0.2, 0) is 0 Å². The quantitative estimate of drug-likeness (QED) is 0.856. The Morgan fingerprint density at radius 3 is 2.89 bits per heavy atom. The molecule has 0 fully saturated rings. The molecule has 0 aliphatic heterocycles. The molecule has 5 nitrogen and oxygen atoms in total. The van der Waals surface area contributed by atoms with Crippen molar-refractivity contribution >= 4 is 11.6 Å². The molecule has 0 aromatic carbocycles. The lowest BCUT2D eigenvalue weighted by Crippen LogP contribution is -2.39. The van der Waals surface area contributed by atoms with Crippen molar-refractivity contribution < 1.29 is 9.90 Å². The molecule has 2 aromatic heterocycles. The fraction of sp³-hybridized carbons (Fsp3) is 0.429. The largest absolute Gasteiger partial charge is 0.396 e. The van der Waals surface area contributed by atoms with Gasteiger partial charge in [-0.25, -0.2) is 4.98 Å². The van der Waals surface area contributed by atoms with Crippen LogP contribution in [0.3, 0.4) is 0 Å². The maximum Gasteiger partial charge on any atom is 0.271 e. The molecule has 0 radical (unpaired) electrons. The van der Waals surface area contributed by atoms with Crippen LogP contribution in [0.2, 0.25) is 0 Å². The molecule has 0 saturated carbocycles. The van der Waals surface area contributed by atoms with E-state index in [1.54, 1.807) is 6.20 Å². The molecule has 102 valence electrons. The van der Waals surface area contributed by atoms with Crippen molar-refractivity contribution in [3.8, 4) is 0 Å². The van der Waals surface area contributed by atoms with Crippen molar-refractivity contribution in [1.29, 1.82) is 0 Å². The lowest BCUT2D eigenvalue weighted by molar-refractivity contribution is 0.0912. The second-order valence-corrected chi connectivity index (χ2v) is 4.93. The summed E-state index contributed by atoms with van der Waals surface area (Å²) >= 11 is 0. The van der Waals surface area contributed by atoms with Crippen molar-refractivity contribution in [2.24, 2.45) is 5.92 Å². The molecule has 1 amide bonds. The number of pyridine rings is 1. The van der Waals surface area contributed by atoms with Crippen molar-refractivity contribution in [3.63, 3.8) is 0 Å². The highest BCUT2D eigenvalue weighted by Gasteiger charge is 2.18. The molecule has 5 heteroatoms. The molecule has 1 atom stereocenters. The first-order valence-electron chi connectivity index (χ1n) is 6.47. The number of amides is 1. The Labute approximate surface area is 112 Å². The summed E-state index contributed by atoms with van der Waals surface area (Å²) in [6, 6.07) is 5.58. The van der Waals surface area contributed by atoms with Crippen molar-refractivity contribution in [2.45, 2.75) is 26.3 Å². The fourth-order valence-corrected chi connectivity index (χ4v) is 2.00. The Kier molecular flexibility index (Phi) is 4.16. The van der Waals surface area contributed by atoms with Gasteiger partial charge in [-0.05, 0) is 24.5 Å². The summed E-state index contributed by atoms with van der Waals surface area (Å²) in [6.07, 6.45) is 4.12. The number of aliphatic hydroxyl groups is 1. The molecule has 1 unspecified atom stereocenters. The molecule has 2 heterocycles. The number of nitrogens with zero attached hydrogens (tertiary/aromatic N) is 2. The number of aliphatic hydroxyl groups excluding tert-OH is 1. The van der Waals surface area contributed by atoms with E-state index in [4.69, 9.17) is 5.11 Å². The van der Waals surface area contributed by atoms with Crippen molar-refractivity contribution in [3.05, 3.63) is 36.3 Å². The number of carbonyl (C=O) groups is 1. The maximum atomic E-state index is 12.1. The molecule has 0 bridgehead atoms. The molecule has 2 N–H and O–H groups in total. The van der Waals surface area contributed by atoms with E-state index in [1.807, 2.05) is 42.6 Å². The van der Waals surface area contributed by atoms with Crippen LogP contribution < -0.4 is 5.32 Å². The van der Waals surface area contributed by atoms with Gasteiger partial charge >= 0.3 is 0 Å². The van der Waals surface area contributed by atoms with Gasteiger partial charge in [0.05, 0.1) is 0 Å². The summed E-state index contributed by atoms with van der Waals surface area (Å²) in [7, 11) is 0. The van der Waals surface area contributed by atoms with E-state index in [1.165, 1.54) is 0 Å². The standard InChI is InChI=1S/C14H19N3O2/c1-10(2)11(6-8-18)16-14(19)12-9-17-7-4-3-5-13(17)15-12/h3-5,7,9-11,18H,6,8H2,1-2H3,(H,16,19). The Balaban J connectivity index is 2.14. The summed E-state index contributed by atoms with van der Waals surface area (Å²) in [5.41, 5.74) is 1.14. The topological polar surface area (TPSA) is 66.6 Å². The Morgan fingerprint density at radius 2 is 2.26 bits per heavy atom. The van der Waals surface area contributed by atoms with E-state index in [0.717, 1.165) is 5.65 Å². The smallest absolute Gasteiger partial charge is 0.271 e. The zero-order valence-electron chi connectivity index (χ0n) is 11.2. The third-order valence-electron chi connectivity index (χ3n) is 3.16. The summed E-state index contributed by atoms with van der Waals surface area (Å²) in [4.78, 5) is 16.4. The first kappa shape index (κ1) is 13.5. The highest BCUT2D eigenvalue weighted by molar-refractivity contribution is 5.93. The van der Waals surface area contributed by atoms with Crippen LogP contribution in [0.15, 0.2) is 30.6 Å². The zero-order chi connectivity index (χ0) is 13.8. The average molecular weight is 261 g/mol. The minimum atomic E-state index is -0.198. The minimum absolute atomic E-state index is 0.0395. The first-order chi connectivity index (χ1) is 9.11. The highest BCUT2D eigenvalue weighted by atomic mass is 16.3. The minimum Gasteiger partial charge on any atom is -0.396 e. The van der Waals surface area contributed by atoms with Crippen molar-refractivity contribution in [2.75, 3.05) is 6.61 Å². The SMILES string of the molecule is CC(C)C(CCO)NC(=O)c1cn2ccccc2n1. The number of carbonyl (C=O) groups excluding carboxylic acids is 1. The fourth-order valence-electron chi connectivity index (χ4n) is 2.00. The normalized spacial score (nSPS) is 12.8. The number of fused-ring (bicyclic) bond motifs is 1. The second kappa shape index (κ2) is 5.84. The third kappa shape index (κ3) is 3.12. The van der Waals surface area contributed by atoms with Gasteiger partial charge in [-0.15, -0.1) is 0 Å². The van der Waals surface area contributed by atoms with Crippen LogP contribution in [0.1, 0.15) is 30.8 Å². The monoisotopic (exact) mass is 261 g/mol. The number of imidazole rings is 1. The van der Waals surface area contributed by atoms with E-state index in [-0.39, 0.29) is 24.5 Å². The van der Waals surface area contributed by atoms with E-state index in [0.29, 0.717) is 12.1 Å². The van der Waals surface area contributed by atoms with Gasteiger partial charge in [-0.3, -0.25) is 4.79 Å². The number of hydrogen-bond acceptors (Lipinski definition) is 3. The van der Waals surface area contributed by atoms with Gasteiger partial charge in [0.1, 0.15) is 11.3 Å². The van der Waals surface area contributed by atoms with E-state index < -0.39 is 0 Å². The van der Waals surface area contributed by atoms with Gasteiger partial charge < -0.3 is 14.8 Å². The lowest BCUT2D eigenvalue weighted by Gasteiger charge is -2.20. The molecular weight excluding hydrogens is 242 g/mol. The Hall–Kier alpha value is -1.88. The molecule has 0 aliphatic rings. The third-order valence-corrected chi connectivity index (χ3v) is 3.16. The van der Waals surface area contributed by atoms with Gasteiger partial charge in [-0.1, -0.05) is 19.9 Å². The summed E-state index contributed by atoms with van der Waals surface area (Å²) in [6.45, 7) is 4.10. The number of hydrogen-bond donors (Lipinski definition) is 2. The van der Waals surface area contributed by atoms with E-state index in [9.17, 15) is 4.79 Å². The highest BCUT2D eigenvalue weighted by Crippen LogP contribution is 2.09. The molecule has 0 spiro atoms. The predicted molar refractivity (Wildman–Crippen MR) is 73.0 cm³/mol. The van der Waals surface area contributed by atoms with Crippen molar-refractivity contribution in [1.82, 2.24) is 14.7 Å². The van der Waals surface area contributed by atoms with Gasteiger partial charge in [0, 0.05) is 25.0 Å². The summed E-state index contributed by atoms with van der Waals surface area (Å²) in [5.74, 6) is 0.0731. The number of rotatable bonds is 5. The maximum absolute atomic E-state index is 12.1. The van der Waals surface area contributed by atoms with Crippen LogP contribution in [0.5, 0.6) is 0 Å². The van der Waals surface area contributed by atoms with Crippen LogP contribution in [0, 0.1) is 5.92 Å². The van der Waals surface area contributed by atoms with Crippen LogP contribution in [0.25, 0.3) is 5.65 Å². The molecule has 19 heavy (non-hydrogen) atoms. The van der Waals surface area contributed by atoms with Gasteiger partial charge in [0.25, 0.3) is 5.91 Å². The molecule has 2 rings (SSSR count). The number of nitrogens with one attached hydrogen (secondary N) is 1. The van der Waals surface area contributed by atoms with Gasteiger partial charge in [-0.2, -0.15) is 0 Å². The molecule has 2 aromatic rings. The van der Waals surface area contributed by atoms with Gasteiger partial charge in [0.15, 0.2) is 0 Å². The second-order valence-electron chi connectivity index (χ2n) is 4.93. The van der Waals surface area contributed by atoms with E-state index in [2.05, 4.69) is 10.3 Å².